The largest absolute Gasteiger partial charge is 1.00 e. The first kappa shape index (κ1) is 31.0. The lowest BCUT2D eigenvalue weighted by Gasteiger charge is -2.06. The number of rotatable bonds is 15. The topological polar surface area (TPSA) is 59.3 Å². The molecule has 0 saturated heterocycles. The van der Waals surface area contributed by atoms with E-state index < -0.39 is 0 Å². The molecule has 0 bridgehead atoms. The molecule has 1 rings (SSSR count). The van der Waals surface area contributed by atoms with E-state index in [1.54, 1.807) is 4.57 Å². The number of esters is 1. The molecule has 0 fully saturated rings. The Kier molecular flexibility index (Phi) is 25.8. The number of hydrogen-bond acceptors (Lipinski definition) is 3. The van der Waals surface area contributed by atoms with Gasteiger partial charge in [-0.2, -0.15) is 4.57 Å². The van der Waals surface area contributed by atoms with Gasteiger partial charge in [-0.15, -0.1) is 0 Å². The lowest BCUT2D eigenvalue weighted by Crippen LogP contribution is -3.00. The van der Waals surface area contributed by atoms with Crippen LogP contribution in [-0.2, 0) is 20.9 Å². The molecule has 5 nitrogen and oxygen atoms in total. The first-order valence-corrected chi connectivity index (χ1v) is 16.5. The van der Waals surface area contributed by atoms with Gasteiger partial charge in [-0.3, -0.25) is 9.59 Å². The van der Waals surface area contributed by atoms with Gasteiger partial charge in [-0.25, -0.2) is 0 Å². The second-order valence-corrected chi connectivity index (χ2v) is 6.70. The summed E-state index contributed by atoms with van der Waals surface area (Å²) in [7, 11) is 0. The molecule has 0 atom stereocenters. The number of unbranched alkanes of at least 4 members (excludes halogenated alkanes) is 8. The minimum Gasteiger partial charge on any atom is -1.00 e. The molecule has 0 radical (unpaired) electrons. The van der Waals surface area contributed by atoms with Gasteiger partial charge in [0.2, 0.25) is 6.54 Å². The second-order valence-electron chi connectivity index (χ2n) is 6.70. The predicted molar refractivity (Wildman–Crippen MR) is 130 cm³/mol. The fourth-order valence-electron chi connectivity index (χ4n) is 2.77. The van der Waals surface area contributed by atoms with Gasteiger partial charge in [0, 0.05) is 55.8 Å². The van der Waals surface area contributed by atoms with Crippen LogP contribution in [-0.4, -0.2) is 25.0 Å². The Bertz CT molecular complexity index is 508. The highest BCUT2D eigenvalue weighted by molar-refractivity contribution is 15.0. The number of halogens is 3. The number of nitrogens with one attached hydrogen (secondary N) is 1. The number of aromatic nitrogens is 1. The van der Waals surface area contributed by atoms with Crippen molar-refractivity contribution in [3.63, 3.8) is 0 Å². The van der Waals surface area contributed by atoms with E-state index in [9.17, 15) is 9.59 Å². The fraction of sp³-hybridized carbons (Fsp3) is 0.667. The van der Waals surface area contributed by atoms with Gasteiger partial charge in [-0.1, -0.05) is 64.4 Å². The van der Waals surface area contributed by atoms with Crippen molar-refractivity contribution in [3.8, 4) is 0 Å². The lowest BCUT2D eigenvalue weighted by molar-refractivity contribution is -0.684. The van der Waals surface area contributed by atoms with Gasteiger partial charge in [0.05, 0.1) is 6.54 Å². The number of carbonyl (C=O) groups excluding carboxylic acids is 2. The summed E-state index contributed by atoms with van der Waals surface area (Å²) >= 11 is 4.24. The average molecular weight is 653 g/mol. The summed E-state index contributed by atoms with van der Waals surface area (Å²) in [6.07, 6.45) is 15.2. The zero-order valence-corrected chi connectivity index (χ0v) is 22.5. The maximum absolute atomic E-state index is 11.7. The molecule has 29 heavy (non-hydrogen) atoms. The highest BCUT2D eigenvalue weighted by Gasteiger charge is 2.08. The zero-order chi connectivity index (χ0) is 20.9. The highest BCUT2D eigenvalue weighted by atomic mass is 128. The van der Waals surface area contributed by atoms with Crippen molar-refractivity contribution in [2.75, 3.05) is 13.2 Å². The van der Waals surface area contributed by atoms with Gasteiger partial charge < -0.3 is 22.5 Å². The first-order valence-electron chi connectivity index (χ1n) is 10.2. The van der Waals surface area contributed by atoms with Crippen molar-refractivity contribution in [2.24, 2.45) is 0 Å². The molecular weight excluding hydrogens is 618 g/mol. The molecule has 1 N–H and O–H groups in total. The Morgan fingerprint density at radius 3 is 2.03 bits per heavy atom. The molecule has 0 spiro atoms. The highest BCUT2D eigenvalue weighted by Crippen LogP contribution is 2.10. The minimum atomic E-state index is -0.167. The van der Waals surface area contributed by atoms with Gasteiger partial charge in [0.25, 0.3) is 5.91 Å². The van der Waals surface area contributed by atoms with E-state index in [0.29, 0.717) is 13.0 Å². The van der Waals surface area contributed by atoms with Gasteiger partial charge in [0.1, 0.15) is 6.61 Å². The van der Waals surface area contributed by atoms with Crippen molar-refractivity contribution >= 4 is 49.1 Å². The Labute approximate surface area is 205 Å². The van der Waals surface area contributed by atoms with E-state index in [2.05, 4.69) is 49.5 Å². The maximum atomic E-state index is 11.7. The predicted octanol–water partition coefficient (Wildman–Crippen LogP) is 2.33. The van der Waals surface area contributed by atoms with E-state index in [1.165, 1.54) is 44.9 Å². The van der Waals surface area contributed by atoms with Crippen LogP contribution < -0.4 is 22.3 Å². The number of pyridine rings is 1. The van der Waals surface area contributed by atoms with Crippen LogP contribution in [0.4, 0.5) is 0 Å². The van der Waals surface area contributed by atoms with Crippen LogP contribution in [0.1, 0.15) is 71.1 Å². The van der Waals surface area contributed by atoms with Crippen molar-refractivity contribution in [3.05, 3.63) is 30.6 Å². The maximum Gasteiger partial charge on any atom is 0.305 e. The molecule has 0 aliphatic rings. The van der Waals surface area contributed by atoms with Crippen LogP contribution in [0.15, 0.2) is 30.6 Å². The summed E-state index contributed by atoms with van der Waals surface area (Å²) in [5.41, 5.74) is 0. The van der Waals surface area contributed by atoms with Crippen LogP contribution in [0.25, 0.3) is 0 Å². The Morgan fingerprint density at radius 1 is 0.897 bits per heavy atom. The first-order chi connectivity index (χ1) is 13.7. The number of ether oxygens (including phenoxy) is 1. The molecule has 0 aliphatic heterocycles. The van der Waals surface area contributed by atoms with Crippen molar-refractivity contribution in [1.82, 2.24) is 5.32 Å². The Balaban J connectivity index is 0. The van der Waals surface area contributed by atoms with E-state index in [1.807, 2.05) is 30.6 Å². The quantitative estimate of drug-likeness (QED) is 0.137. The lowest BCUT2D eigenvalue weighted by atomic mass is 10.1. The summed E-state index contributed by atoms with van der Waals surface area (Å²) in [6, 6.07) is 5.66. The fourth-order valence-corrected chi connectivity index (χ4v) is 2.77. The van der Waals surface area contributed by atoms with Gasteiger partial charge in [-0.05, 0) is 6.42 Å². The summed E-state index contributed by atoms with van der Waals surface area (Å²) in [6.45, 7) is 3.10. The van der Waals surface area contributed by atoms with Crippen molar-refractivity contribution in [1.29, 1.82) is 0 Å². The molecular formula is C21H35ClI2N2O3. The Morgan fingerprint density at radius 2 is 1.45 bits per heavy atom. The third-order valence-corrected chi connectivity index (χ3v) is 4.28. The molecule has 8 heteroatoms. The molecule has 1 amide bonds. The van der Waals surface area contributed by atoms with Gasteiger partial charge in [0.15, 0.2) is 12.4 Å². The molecule has 0 aliphatic carbocycles. The number of hydrogen-bond donors (Lipinski definition) is 1. The molecule has 1 heterocycles. The normalized spacial score (nSPS) is 9.62. The van der Waals surface area contributed by atoms with Crippen LogP contribution in [0, 0.1) is 0 Å². The SMILES string of the molecule is CCCCCCCCCCCC(=O)OCCNC(=O)C[n+]1ccccc1.II.[Cl-]. The molecule has 0 aromatic carbocycles. The van der Waals surface area contributed by atoms with E-state index in [0.717, 1.165) is 12.8 Å². The van der Waals surface area contributed by atoms with E-state index >= 15 is 0 Å². The molecule has 1 aromatic rings. The van der Waals surface area contributed by atoms with Crippen molar-refractivity contribution in [2.45, 2.75) is 77.7 Å². The average Bonchev–Trinajstić information content (AvgIpc) is 2.72. The van der Waals surface area contributed by atoms with Crippen LogP contribution >= 0.6 is 37.2 Å². The zero-order valence-electron chi connectivity index (χ0n) is 17.4. The van der Waals surface area contributed by atoms with E-state index in [4.69, 9.17) is 4.74 Å². The van der Waals surface area contributed by atoms with Crippen LogP contribution in [0.2, 0.25) is 0 Å². The van der Waals surface area contributed by atoms with Crippen LogP contribution in [0.3, 0.4) is 0 Å². The summed E-state index contributed by atoms with van der Waals surface area (Å²) in [5, 5.41) is 2.75. The van der Waals surface area contributed by atoms with E-state index in [-0.39, 0.29) is 37.4 Å². The monoisotopic (exact) mass is 652 g/mol. The smallest absolute Gasteiger partial charge is 0.305 e. The summed E-state index contributed by atoms with van der Waals surface area (Å²) < 4.78 is 6.95. The molecule has 0 saturated carbocycles. The third kappa shape index (κ3) is 20.9. The second kappa shape index (κ2) is 24.1. The molecule has 0 unspecified atom stereocenters. The Hall–Kier alpha value is -0.160. The standard InChI is InChI=1S/C21H34N2O3.ClH.I2/c1-2-3-4-5-6-7-8-9-11-14-21(25)26-18-15-22-20(24)19-23-16-12-10-13-17-23;;1-2/h10,12-13,16-17H,2-9,11,14-15,18-19H2,1H3;1H;. The van der Waals surface area contributed by atoms with Crippen molar-refractivity contribution < 1.29 is 31.3 Å². The number of amides is 1. The number of nitrogens with zero attached hydrogens (tertiary/aromatic N) is 1. The minimum absolute atomic E-state index is 0. The third-order valence-electron chi connectivity index (χ3n) is 4.28. The summed E-state index contributed by atoms with van der Waals surface area (Å²) in [4.78, 5) is 23.4. The molecule has 1 aromatic heterocycles. The van der Waals surface area contributed by atoms with Crippen LogP contribution in [0.5, 0.6) is 0 Å². The number of carbonyl (C=O) groups is 2. The van der Waals surface area contributed by atoms with Gasteiger partial charge >= 0.3 is 5.97 Å². The summed E-state index contributed by atoms with van der Waals surface area (Å²) in [5.74, 6) is -0.254. The molecule has 168 valence electrons.